The van der Waals surface area contributed by atoms with Gasteiger partial charge in [0.1, 0.15) is 5.82 Å². The van der Waals surface area contributed by atoms with Crippen LogP contribution in [0.3, 0.4) is 0 Å². The minimum atomic E-state index is -3.44. The summed E-state index contributed by atoms with van der Waals surface area (Å²) in [5, 5.41) is 3.99. The molecule has 0 unspecified atom stereocenters. The highest BCUT2D eigenvalue weighted by molar-refractivity contribution is 7.88. The number of hydrogen-bond acceptors (Lipinski definition) is 6. The van der Waals surface area contributed by atoms with Crippen LogP contribution in [0.25, 0.3) is 11.5 Å². The standard InChI is InChI=1S/C22H24FN3O4S/c23-19-8-6-17(7-9-19)16-31(27,28)26-13-10-20(11-14-26)29-15-12-21-24-22(30-25-21)18-4-2-1-3-5-18/h1-9,20H,10-16H2. The highest BCUT2D eigenvalue weighted by atomic mass is 32.2. The first-order valence-corrected chi connectivity index (χ1v) is 11.8. The van der Waals surface area contributed by atoms with Crippen LogP contribution < -0.4 is 0 Å². The van der Waals surface area contributed by atoms with E-state index in [1.165, 1.54) is 28.6 Å². The fourth-order valence-corrected chi connectivity index (χ4v) is 5.09. The van der Waals surface area contributed by atoms with Gasteiger partial charge in [-0.15, -0.1) is 0 Å². The fourth-order valence-electron chi connectivity index (χ4n) is 3.53. The molecule has 0 N–H and O–H groups in total. The lowest BCUT2D eigenvalue weighted by Crippen LogP contribution is -2.41. The number of hydrogen-bond donors (Lipinski definition) is 0. The van der Waals surface area contributed by atoms with Crippen LogP contribution >= 0.6 is 0 Å². The second kappa shape index (κ2) is 9.67. The van der Waals surface area contributed by atoms with Crippen molar-refractivity contribution in [3.8, 4) is 11.5 Å². The van der Waals surface area contributed by atoms with Crippen LogP contribution in [0.4, 0.5) is 4.39 Å². The molecule has 1 fully saturated rings. The molecule has 0 saturated carbocycles. The third-order valence-corrected chi connectivity index (χ3v) is 7.07. The average molecular weight is 446 g/mol. The first-order chi connectivity index (χ1) is 15.0. The van der Waals surface area contributed by atoms with Gasteiger partial charge >= 0.3 is 0 Å². The number of halogens is 1. The molecule has 0 aliphatic carbocycles. The van der Waals surface area contributed by atoms with Crippen molar-refractivity contribution in [2.45, 2.75) is 31.1 Å². The molecule has 0 amide bonds. The summed E-state index contributed by atoms with van der Waals surface area (Å²) in [6.45, 7) is 1.27. The van der Waals surface area contributed by atoms with Crippen LogP contribution in [-0.4, -0.2) is 48.7 Å². The number of piperidine rings is 1. The molecule has 1 aliphatic rings. The second-order valence-corrected chi connectivity index (χ2v) is 9.45. The summed E-state index contributed by atoms with van der Waals surface area (Å²) in [5.41, 5.74) is 1.45. The normalized spacial score (nSPS) is 15.9. The van der Waals surface area contributed by atoms with Crippen molar-refractivity contribution in [2.75, 3.05) is 19.7 Å². The molecule has 9 heteroatoms. The minimum absolute atomic E-state index is 0.00207. The maximum absolute atomic E-state index is 13.0. The van der Waals surface area contributed by atoms with E-state index >= 15 is 0 Å². The zero-order valence-corrected chi connectivity index (χ0v) is 17.8. The van der Waals surface area contributed by atoms with Gasteiger partial charge in [-0.2, -0.15) is 4.98 Å². The van der Waals surface area contributed by atoms with Gasteiger partial charge in [-0.3, -0.25) is 0 Å². The van der Waals surface area contributed by atoms with Crippen LogP contribution in [0.5, 0.6) is 0 Å². The predicted octanol–water partition coefficient (Wildman–Crippen LogP) is 3.43. The van der Waals surface area contributed by atoms with Crippen LogP contribution in [0, 0.1) is 5.82 Å². The van der Waals surface area contributed by atoms with Crippen LogP contribution in [-0.2, 0) is 26.9 Å². The maximum atomic E-state index is 13.0. The van der Waals surface area contributed by atoms with Crippen molar-refractivity contribution >= 4 is 10.0 Å². The lowest BCUT2D eigenvalue weighted by atomic mass is 10.1. The van der Waals surface area contributed by atoms with E-state index in [0.717, 1.165) is 5.56 Å². The van der Waals surface area contributed by atoms with E-state index in [0.29, 0.717) is 56.2 Å². The molecule has 3 aromatic rings. The zero-order chi connectivity index (χ0) is 21.7. The Hall–Kier alpha value is -2.62. The van der Waals surface area contributed by atoms with Gasteiger partial charge in [-0.25, -0.2) is 17.1 Å². The summed E-state index contributed by atoms with van der Waals surface area (Å²) in [4.78, 5) is 4.38. The predicted molar refractivity (Wildman–Crippen MR) is 113 cm³/mol. The molecule has 0 spiro atoms. The smallest absolute Gasteiger partial charge is 0.257 e. The van der Waals surface area contributed by atoms with Gasteiger partial charge in [0, 0.05) is 25.1 Å². The Balaban J connectivity index is 1.21. The molecule has 4 rings (SSSR count). The quantitative estimate of drug-likeness (QED) is 0.528. The minimum Gasteiger partial charge on any atom is -0.378 e. The third kappa shape index (κ3) is 5.75. The topological polar surface area (TPSA) is 85.5 Å². The molecule has 0 radical (unpaired) electrons. The molecule has 2 heterocycles. The van der Waals surface area contributed by atoms with Gasteiger partial charge in [0.15, 0.2) is 5.82 Å². The summed E-state index contributed by atoms with van der Waals surface area (Å²) in [6, 6.07) is 15.1. The van der Waals surface area contributed by atoms with E-state index in [-0.39, 0.29) is 17.7 Å². The first kappa shape index (κ1) is 21.6. The summed E-state index contributed by atoms with van der Waals surface area (Å²) >= 11 is 0. The summed E-state index contributed by atoms with van der Waals surface area (Å²) in [7, 11) is -3.44. The first-order valence-electron chi connectivity index (χ1n) is 10.2. The number of aromatic nitrogens is 2. The van der Waals surface area contributed by atoms with E-state index in [4.69, 9.17) is 9.26 Å². The van der Waals surface area contributed by atoms with E-state index < -0.39 is 10.0 Å². The number of sulfonamides is 1. The second-order valence-electron chi connectivity index (χ2n) is 7.48. The largest absolute Gasteiger partial charge is 0.378 e. The van der Waals surface area contributed by atoms with Crippen LogP contribution in [0.15, 0.2) is 59.1 Å². The molecule has 1 aromatic heterocycles. The van der Waals surface area contributed by atoms with Gasteiger partial charge in [0.25, 0.3) is 5.89 Å². The van der Waals surface area contributed by atoms with Crippen molar-refractivity contribution in [1.29, 1.82) is 0 Å². The molecule has 7 nitrogen and oxygen atoms in total. The Bertz CT molecular complexity index is 1080. The van der Waals surface area contributed by atoms with Gasteiger partial charge in [0.2, 0.25) is 10.0 Å². The van der Waals surface area contributed by atoms with E-state index in [1.807, 2.05) is 30.3 Å². The SMILES string of the molecule is O=S(=O)(Cc1ccc(F)cc1)N1CCC(OCCc2noc(-c3ccccc3)n2)CC1. The lowest BCUT2D eigenvalue weighted by molar-refractivity contribution is 0.0222. The molecular weight excluding hydrogens is 421 g/mol. The Morgan fingerprint density at radius 1 is 1.06 bits per heavy atom. The van der Waals surface area contributed by atoms with E-state index in [1.54, 1.807) is 0 Å². The number of benzene rings is 2. The van der Waals surface area contributed by atoms with Crippen molar-refractivity contribution < 1.29 is 22.1 Å². The fraction of sp³-hybridized carbons (Fsp3) is 0.364. The van der Waals surface area contributed by atoms with Gasteiger partial charge in [-0.05, 0) is 42.7 Å². The summed E-state index contributed by atoms with van der Waals surface area (Å²) < 4.78 is 51.0. The average Bonchev–Trinajstić information content (AvgIpc) is 3.25. The Labute approximate surface area is 180 Å². The Kier molecular flexibility index (Phi) is 6.74. The molecule has 0 bridgehead atoms. The van der Waals surface area contributed by atoms with Crippen LogP contribution in [0.2, 0.25) is 0 Å². The summed E-state index contributed by atoms with van der Waals surface area (Å²) in [6.07, 6.45) is 1.78. The Morgan fingerprint density at radius 2 is 1.77 bits per heavy atom. The number of nitrogens with zero attached hydrogens (tertiary/aromatic N) is 3. The van der Waals surface area contributed by atoms with E-state index in [9.17, 15) is 12.8 Å². The highest BCUT2D eigenvalue weighted by Crippen LogP contribution is 2.20. The van der Waals surface area contributed by atoms with Gasteiger partial charge < -0.3 is 9.26 Å². The lowest BCUT2D eigenvalue weighted by Gasteiger charge is -2.31. The zero-order valence-electron chi connectivity index (χ0n) is 17.0. The van der Waals surface area contributed by atoms with Crippen molar-refractivity contribution in [3.05, 3.63) is 71.8 Å². The molecule has 1 aliphatic heterocycles. The monoisotopic (exact) mass is 445 g/mol. The maximum Gasteiger partial charge on any atom is 0.257 e. The van der Waals surface area contributed by atoms with Gasteiger partial charge in [0.05, 0.1) is 18.5 Å². The van der Waals surface area contributed by atoms with Gasteiger partial charge in [-0.1, -0.05) is 35.5 Å². The molecule has 2 aromatic carbocycles. The molecule has 0 atom stereocenters. The molecule has 164 valence electrons. The highest BCUT2D eigenvalue weighted by Gasteiger charge is 2.28. The van der Waals surface area contributed by atoms with Crippen molar-refractivity contribution in [1.82, 2.24) is 14.4 Å². The number of ether oxygens (including phenoxy) is 1. The molecular formula is C22H24FN3O4S. The van der Waals surface area contributed by atoms with Crippen molar-refractivity contribution in [2.24, 2.45) is 0 Å². The summed E-state index contributed by atoms with van der Waals surface area (Å²) in [5.74, 6) is 0.560. The van der Waals surface area contributed by atoms with Crippen LogP contribution in [0.1, 0.15) is 24.2 Å². The Morgan fingerprint density at radius 3 is 2.48 bits per heavy atom. The number of rotatable bonds is 8. The third-order valence-electron chi connectivity index (χ3n) is 5.22. The molecule has 31 heavy (non-hydrogen) atoms. The van der Waals surface area contributed by atoms with Crippen molar-refractivity contribution in [3.63, 3.8) is 0 Å². The molecule has 1 saturated heterocycles. The van der Waals surface area contributed by atoms with E-state index in [2.05, 4.69) is 10.1 Å².